The van der Waals surface area contributed by atoms with Gasteiger partial charge in [-0.2, -0.15) is 0 Å². The zero-order valence-corrected chi connectivity index (χ0v) is 15.1. The third-order valence-electron chi connectivity index (χ3n) is 5.18. The highest BCUT2D eigenvalue weighted by Crippen LogP contribution is 2.30. The molecule has 1 aromatic rings. The van der Waals surface area contributed by atoms with Gasteiger partial charge in [0.2, 0.25) is 0 Å². The molecular weight excluding hydrogens is 316 g/mol. The Morgan fingerprint density at radius 3 is 2.80 bits per heavy atom. The number of nitrogens with one attached hydrogen (secondary N) is 1. The van der Waals surface area contributed by atoms with Crippen LogP contribution in [0.15, 0.2) is 18.2 Å². The Labute approximate surface area is 149 Å². The largest absolute Gasteiger partial charge is 0.482 e. The topological polar surface area (TPSA) is 58.6 Å². The van der Waals surface area contributed by atoms with Crippen molar-refractivity contribution >= 4 is 17.4 Å². The summed E-state index contributed by atoms with van der Waals surface area (Å²) >= 11 is 0. The minimum atomic E-state index is -0.173. The molecule has 1 saturated heterocycles. The fourth-order valence-corrected chi connectivity index (χ4v) is 3.65. The van der Waals surface area contributed by atoms with E-state index in [-0.39, 0.29) is 24.2 Å². The molecule has 136 valence electrons. The van der Waals surface area contributed by atoms with Crippen molar-refractivity contribution in [1.29, 1.82) is 0 Å². The van der Waals surface area contributed by atoms with Crippen molar-refractivity contribution in [3.05, 3.63) is 23.8 Å². The van der Waals surface area contributed by atoms with Gasteiger partial charge in [-0.3, -0.25) is 9.59 Å². The molecule has 0 aromatic heterocycles. The number of hydrogen-bond acceptors (Lipinski definition) is 4. The minimum Gasteiger partial charge on any atom is -0.482 e. The number of unbranched alkanes of at least 4 members (excludes halogenated alkanes) is 3. The Morgan fingerprint density at radius 2 is 2.04 bits per heavy atom. The smallest absolute Gasteiger partial charge is 0.262 e. The average Bonchev–Trinajstić information content (AvgIpc) is 2.64. The first-order chi connectivity index (χ1) is 12.2. The minimum absolute atomic E-state index is 0.0387. The summed E-state index contributed by atoms with van der Waals surface area (Å²) in [5.74, 6) is 0.741. The van der Waals surface area contributed by atoms with E-state index < -0.39 is 0 Å². The molecule has 1 N–H and O–H groups in total. The van der Waals surface area contributed by atoms with Crippen LogP contribution < -0.4 is 10.1 Å². The summed E-state index contributed by atoms with van der Waals surface area (Å²) in [5.41, 5.74) is 1.28. The lowest BCUT2D eigenvalue weighted by atomic mass is 9.88. The third kappa shape index (κ3) is 4.60. The van der Waals surface area contributed by atoms with Gasteiger partial charge in [0.25, 0.3) is 5.91 Å². The number of hydrogen-bond donors (Lipinski definition) is 1. The van der Waals surface area contributed by atoms with E-state index in [1.807, 2.05) is 6.07 Å². The van der Waals surface area contributed by atoms with Gasteiger partial charge in [-0.1, -0.05) is 26.2 Å². The molecule has 25 heavy (non-hydrogen) atoms. The molecule has 0 aliphatic carbocycles. The molecule has 0 radical (unpaired) electrons. The van der Waals surface area contributed by atoms with E-state index in [1.165, 1.54) is 25.7 Å². The maximum absolute atomic E-state index is 12.8. The number of ketones is 1. The van der Waals surface area contributed by atoms with Crippen LogP contribution in [0.4, 0.5) is 5.69 Å². The number of benzene rings is 1. The monoisotopic (exact) mass is 344 g/mol. The van der Waals surface area contributed by atoms with Crippen LogP contribution in [-0.2, 0) is 4.79 Å². The third-order valence-corrected chi connectivity index (χ3v) is 5.18. The highest BCUT2D eigenvalue weighted by molar-refractivity contribution is 6.01. The average molecular weight is 344 g/mol. The zero-order chi connectivity index (χ0) is 17.6. The van der Waals surface area contributed by atoms with Gasteiger partial charge in [0.1, 0.15) is 5.75 Å². The molecule has 5 heteroatoms. The molecule has 2 aliphatic heterocycles. The van der Waals surface area contributed by atoms with Gasteiger partial charge < -0.3 is 15.0 Å². The number of ether oxygens (including phenoxy) is 1. The van der Waals surface area contributed by atoms with Gasteiger partial charge in [0, 0.05) is 11.5 Å². The summed E-state index contributed by atoms with van der Waals surface area (Å²) in [6.07, 6.45) is 6.99. The van der Waals surface area contributed by atoms with Crippen LogP contribution in [0.25, 0.3) is 0 Å². The van der Waals surface area contributed by atoms with E-state index >= 15 is 0 Å². The number of carbonyl (C=O) groups excluding carboxylic acids is 2. The first-order valence-corrected chi connectivity index (χ1v) is 9.50. The number of Topliss-reactive ketones (excluding diaryl/α,β-unsaturated/α-hetero) is 1. The fraction of sp³-hybridized carbons (Fsp3) is 0.600. The van der Waals surface area contributed by atoms with E-state index in [0.29, 0.717) is 17.0 Å². The second-order valence-electron chi connectivity index (χ2n) is 7.09. The molecule has 0 unspecified atom stereocenters. The molecule has 1 fully saturated rings. The molecule has 5 nitrogen and oxygen atoms in total. The standard InChI is InChI=1S/C20H28N2O3/c1-2-3-4-5-10-22-11-8-15(9-12-22)20(24)16-6-7-18-17(13-16)21-19(23)14-25-18/h6-7,13,15H,2-5,8-12,14H2,1H3,(H,21,23). The van der Waals surface area contributed by atoms with Gasteiger partial charge >= 0.3 is 0 Å². The van der Waals surface area contributed by atoms with Gasteiger partial charge in [-0.15, -0.1) is 0 Å². The molecule has 1 amide bonds. The molecule has 0 spiro atoms. The van der Waals surface area contributed by atoms with Gasteiger partial charge in [0.05, 0.1) is 5.69 Å². The van der Waals surface area contributed by atoms with Crippen molar-refractivity contribution in [1.82, 2.24) is 4.90 Å². The molecule has 2 aliphatic rings. The molecule has 0 bridgehead atoms. The van der Waals surface area contributed by atoms with Crippen LogP contribution in [0.3, 0.4) is 0 Å². The summed E-state index contributed by atoms with van der Waals surface area (Å²) in [6, 6.07) is 5.35. The second-order valence-corrected chi connectivity index (χ2v) is 7.09. The normalized spacial score (nSPS) is 18.4. The number of carbonyl (C=O) groups is 2. The number of piperidine rings is 1. The van der Waals surface area contributed by atoms with Crippen LogP contribution in [0.1, 0.15) is 55.8 Å². The maximum Gasteiger partial charge on any atom is 0.262 e. The fourth-order valence-electron chi connectivity index (χ4n) is 3.65. The summed E-state index contributed by atoms with van der Waals surface area (Å²) < 4.78 is 5.35. The Bertz CT molecular complexity index is 621. The van der Waals surface area contributed by atoms with Gasteiger partial charge in [-0.05, 0) is 57.1 Å². The number of fused-ring (bicyclic) bond motifs is 1. The Morgan fingerprint density at radius 1 is 1.24 bits per heavy atom. The Hall–Kier alpha value is -1.88. The summed E-state index contributed by atoms with van der Waals surface area (Å²) in [7, 11) is 0. The lowest BCUT2D eigenvalue weighted by molar-refractivity contribution is -0.118. The zero-order valence-electron chi connectivity index (χ0n) is 15.1. The van der Waals surface area contributed by atoms with Gasteiger partial charge in [0.15, 0.2) is 12.4 Å². The molecule has 1 aromatic carbocycles. The van der Waals surface area contributed by atoms with Crippen molar-refractivity contribution in [3.8, 4) is 5.75 Å². The Balaban J connectivity index is 1.53. The number of nitrogens with zero attached hydrogens (tertiary/aromatic N) is 1. The van der Waals surface area contributed by atoms with Crippen molar-refractivity contribution in [3.63, 3.8) is 0 Å². The van der Waals surface area contributed by atoms with Crippen LogP contribution in [0.5, 0.6) is 5.75 Å². The first-order valence-electron chi connectivity index (χ1n) is 9.50. The summed E-state index contributed by atoms with van der Waals surface area (Å²) in [5, 5.41) is 2.77. The number of anilines is 1. The van der Waals surface area contributed by atoms with Crippen molar-refractivity contribution in [2.24, 2.45) is 5.92 Å². The maximum atomic E-state index is 12.8. The van der Waals surface area contributed by atoms with Crippen LogP contribution in [0.2, 0.25) is 0 Å². The van der Waals surface area contributed by atoms with E-state index in [1.54, 1.807) is 12.1 Å². The Kier molecular flexibility index (Phi) is 6.08. The first kappa shape index (κ1) is 17.9. The summed E-state index contributed by atoms with van der Waals surface area (Å²) in [4.78, 5) is 26.7. The molecule has 0 saturated carbocycles. The second kappa shape index (κ2) is 8.48. The lowest BCUT2D eigenvalue weighted by Crippen LogP contribution is -2.37. The molecule has 3 rings (SSSR count). The summed E-state index contributed by atoms with van der Waals surface area (Å²) in [6.45, 7) is 5.44. The van der Waals surface area contributed by atoms with Crippen LogP contribution in [0, 0.1) is 5.92 Å². The molecule has 2 heterocycles. The van der Waals surface area contributed by atoms with E-state index in [9.17, 15) is 9.59 Å². The predicted octanol–water partition coefficient (Wildman–Crippen LogP) is 3.49. The van der Waals surface area contributed by atoms with Crippen LogP contribution >= 0.6 is 0 Å². The number of amides is 1. The molecular formula is C20H28N2O3. The quantitative estimate of drug-likeness (QED) is 0.608. The highest BCUT2D eigenvalue weighted by atomic mass is 16.5. The van der Waals surface area contributed by atoms with Crippen molar-refractivity contribution in [2.45, 2.75) is 45.4 Å². The van der Waals surface area contributed by atoms with Crippen molar-refractivity contribution in [2.75, 3.05) is 31.6 Å². The highest BCUT2D eigenvalue weighted by Gasteiger charge is 2.26. The van der Waals surface area contributed by atoms with E-state index in [2.05, 4.69) is 17.1 Å². The number of rotatable bonds is 7. The molecule has 0 atom stereocenters. The van der Waals surface area contributed by atoms with E-state index in [4.69, 9.17) is 4.74 Å². The SMILES string of the molecule is CCCCCCN1CCC(C(=O)c2ccc3c(c2)NC(=O)CO3)CC1. The number of likely N-dealkylation sites (tertiary alicyclic amines) is 1. The van der Waals surface area contributed by atoms with Gasteiger partial charge in [-0.25, -0.2) is 0 Å². The van der Waals surface area contributed by atoms with E-state index in [0.717, 1.165) is 32.5 Å². The predicted molar refractivity (Wildman–Crippen MR) is 98.2 cm³/mol. The van der Waals surface area contributed by atoms with Crippen molar-refractivity contribution < 1.29 is 14.3 Å². The lowest BCUT2D eigenvalue weighted by Gasteiger charge is -2.31. The van der Waals surface area contributed by atoms with Crippen LogP contribution in [-0.4, -0.2) is 42.8 Å².